The molecule has 0 fully saturated rings. The number of benzene rings is 2. The van der Waals surface area contributed by atoms with E-state index in [1.165, 1.54) is 6.07 Å². The highest BCUT2D eigenvalue weighted by atomic mass is 16.5. The van der Waals surface area contributed by atoms with E-state index in [4.69, 9.17) is 14.4 Å². The Kier molecular flexibility index (Phi) is 3.87. The number of para-hydroxylation sites is 1. The lowest BCUT2D eigenvalue weighted by Crippen LogP contribution is -2.14. The lowest BCUT2D eigenvalue weighted by molar-refractivity contribution is 0.308. The van der Waals surface area contributed by atoms with E-state index in [0.717, 1.165) is 5.56 Å². The van der Waals surface area contributed by atoms with Crippen LogP contribution >= 0.6 is 0 Å². The first-order valence-electron chi connectivity index (χ1n) is 6.70. The van der Waals surface area contributed by atoms with Crippen LogP contribution in [0.15, 0.2) is 75.0 Å². The molecule has 110 valence electrons. The third-order valence-electron chi connectivity index (χ3n) is 3.20. The fraction of sp³-hybridized carbons (Fsp3) is 0.0588. The van der Waals surface area contributed by atoms with Crippen molar-refractivity contribution < 1.29 is 14.4 Å². The summed E-state index contributed by atoms with van der Waals surface area (Å²) in [6.45, 7) is 0.0357. The molecule has 0 aliphatic rings. The van der Waals surface area contributed by atoms with E-state index in [-0.39, 0.29) is 6.61 Å². The molecule has 2 aromatic carbocycles. The van der Waals surface area contributed by atoms with Crippen LogP contribution in [0.1, 0.15) is 5.56 Å². The van der Waals surface area contributed by atoms with Gasteiger partial charge in [0.2, 0.25) is 0 Å². The van der Waals surface area contributed by atoms with Gasteiger partial charge in [-0.1, -0.05) is 47.6 Å². The topological polar surface area (TPSA) is 72.0 Å². The van der Waals surface area contributed by atoms with E-state index in [1.807, 2.05) is 36.4 Å². The molecule has 1 N–H and O–H groups in total. The highest BCUT2D eigenvalue weighted by Crippen LogP contribution is 2.23. The normalized spacial score (nSPS) is 11.5. The van der Waals surface area contributed by atoms with Gasteiger partial charge in [0.05, 0.1) is 11.5 Å². The number of ether oxygens (including phenoxy) is 1. The molecule has 0 saturated heterocycles. The van der Waals surface area contributed by atoms with Gasteiger partial charge in [-0.15, -0.1) is 0 Å². The second kappa shape index (κ2) is 6.13. The molecular weight excluding hydrogens is 282 g/mol. The molecule has 0 radical (unpaired) electrons. The second-order valence-corrected chi connectivity index (χ2v) is 4.63. The average Bonchev–Trinajstić information content (AvgIpc) is 2.56. The highest BCUT2D eigenvalue weighted by molar-refractivity contribution is 6.01. The van der Waals surface area contributed by atoms with Crippen LogP contribution in [0.4, 0.5) is 0 Å². The second-order valence-electron chi connectivity index (χ2n) is 4.63. The zero-order valence-corrected chi connectivity index (χ0v) is 11.6. The fourth-order valence-electron chi connectivity index (χ4n) is 2.15. The molecular formula is C17H13NO4. The third-order valence-corrected chi connectivity index (χ3v) is 3.20. The van der Waals surface area contributed by atoms with Gasteiger partial charge in [-0.05, 0) is 12.1 Å². The maximum atomic E-state index is 11.6. The van der Waals surface area contributed by atoms with Crippen LogP contribution in [-0.2, 0) is 0 Å². The molecule has 3 aromatic rings. The lowest BCUT2D eigenvalue weighted by Gasteiger charge is -2.09. The van der Waals surface area contributed by atoms with Crippen molar-refractivity contribution in [3.63, 3.8) is 0 Å². The monoisotopic (exact) mass is 295 g/mol. The summed E-state index contributed by atoms with van der Waals surface area (Å²) in [4.78, 5) is 11.6. The molecule has 0 atom stereocenters. The molecule has 1 aromatic heterocycles. The van der Waals surface area contributed by atoms with Crippen LogP contribution in [0, 0.1) is 0 Å². The quantitative estimate of drug-likeness (QED) is 0.347. The molecule has 0 aliphatic carbocycles. The summed E-state index contributed by atoms with van der Waals surface area (Å²) in [6.07, 6.45) is 0. The Bertz CT molecular complexity index is 868. The largest absolute Gasteiger partial charge is 0.486 e. The molecule has 0 amide bonds. The van der Waals surface area contributed by atoms with Crippen LogP contribution in [0.3, 0.4) is 0 Å². The first-order valence-corrected chi connectivity index (χ1v) is 6.70. The van der Waals surface area contributed by atoms with Crippen molar-refractivity contribution in [2.75, 3.05) is 6.61 Å². The molecule has 5 heteroatoms. The first kappa shape index (κ1) is 13.9. The predicted octanol–water partition coefficient (Wildman–Crippen LogP) is 3.05. The summed E-state index contributed by atoms with van der Waals surface area (Å²) in [7, 11) is 0. The van der Waals surface area contributed by atoms with Crippen molar-refractivity contribution in [1.29, 1.82) is 0 Å². The minimum Gasteiger partial charge on any atom is -0.486 e. The smallest absolute Gasteiger partial charge is 0.339 e. The van der Waals surface area contributed by atoms with E-state index in [0.29, 0.717) is 22.4 Å². The Labute approximate surface area is 126 Å². The molecule has 0 saturated carbocycles. The molecule has 0 bridgehead atoms. The van der Waals surface area contributed by atoms with Crippen molar-refractivity contribution in [1.82, 2.24) is 0 Å². The van der Waals surface area contributed by atoms with Crippen LogP contribution < -0.4 is 10.4 Å². The number of nitrogens with zero attached hydrogens (tertiary/aromatic N) is 1. The highest BCUT2D eigenvalue weighted by Gasteiger charge is 2.09. The minimum atomic E-state index is -0.490. The van der Waals surface area contributed by atoms with Crippen molar-refractivity contribution in [3.8, 4) is 5.75 Å². The molecule has 1 heterocycles. The van der Waals surface area contributed by atoms with Crippen LogP contribution in [0.5, 0.6) is 5.75 Å². The standard InChI is InChI=1S/C17H13NO4/c19-17-10-16(13-8-4-5-9-15(13)22-17)21-11-14(18-20)12-6-2-1-3-7-12/h1-10,20H,11H2/b18-14+. The third kappa shape index (κ3) is 2.83. The number of rotatable bonds is 4. The van der Waals surface area contributed by atoms with Crippen LogP contribution in [0.25, 0.3) is 11.0 Å². The Morgan fingerprint density at radius 2 is 1.82 bits per heavy atom. The average molecular weight is 295 g/mol. The van der Waals surface area contributed by atoms with E-state index < -0.39 is 5.63 Å². The lowest BCUT2D eigenvalue weighted by atomic mass is 10.1. The minimum absolute atomic E-state index is 0.0357. The molecule has 0 spiro atoms. The molecule has 0 aliphatic heterocycles. The van der Waals surface area contributed by atoms with Crippen molar-refractivity contribution in [2.24, 2.45) is 5.16 Å². The van der Waals surface area contributed by atoms with Gasteiger partial charge in [-0.3, -0.25) is 0 Å². The first-order chi connectivity index (χ1) is 10.8. The number of fused-ring (bicyclic) bond motifs is 1. The van der Waals surface area contributed by atoms with E-state index in [1.54, 1.807) is 18.2 Å². The maximum Gasteiger partial charge on any atom is 0.339 e. The van der Waals surface area contributed by atoms with Gasteiger partial charge in [0.25, 0.3) is 0 Å². The van der Waals surface area contributed by atoms with Gasteiger partial charge in [0.1, 0.15) is 23.7 Å². The van der Waals surface area contributed by atoms with Crippen LogP contribution in [0.2, 0.25) is 0 Å². The summed E-state index contributed by atoms with van der Waals surface area (Å²) in [5.41, 5.74) is 1.08. The van der Waals surface area contributed by atoms with Gasteiger partial charge in [-0.25, -0.2) is 4.79 Å². The van der Waals surface area contributed by atoms with Crippen molar-refractivity contribution in [2.45, 2.75) is 0 Å². The zero-order chi connectivity index (χ0) is 15.4. The zero-order valence-electron chi connectivity index (χ0n) is 11.6. The Morgan fingerprint density at radius 1 is 1.09 bits per heavy atom. The summed E-state index contributed by atoms with van der Waals surface area (Å²) in [6, 6.07) is 17.6. The van der Waals surface area contributed by atoms with E-state index in [2.05, 4.69) is 5.16 Å². The van der Waals surface area contributed by atoms with E-state index >= 15 is 0 Å². The van der Waals surface area contributed by atoms with Gasteiger partial charge >= 0.3 is 5.63 Å². The fourth-order valence-corrected chi connectivity index (χ4v) is 2.15. The Hall–Kier alpha value is -3.08. The van der Waals surface area contributed by atoms with Gasteiger partial charge in [0.15, 0.2) is 0 Å². The number of hydrogen-bond donors (Lipinski definition) is 1. The number of oxime groups is 1. The molecule has 3 rings (SSSR count). The Morgan fingerprint density at radius 3 is 2.59 bits per heavy atom. The van der Waals surface area contributed by atoms with Gasteiger partial charge < -0.3 is 14.4 Å². The summed E-state index contributed by atoms with van der Waals surface area (Å²) in [5, 5.41) is 13.1. The summed E-state index contributed by atoms with van der Waals surface area (Å²) in [5.74, 6) is 0.393. The van der Waals surface area contributed by atoms with Crippen molar-refractivity contribution >= 4 is 16.7 Å². The summed E-state index contributed by atoms with van der Waals surface area (Å²) < 4.78 is 10.8. The molecule has 0 unspecified atom stereocenters. The van der Waals surface area contributed by atoms with E-state index in [9.17, 15) is 4.79 Å². The van der Waals surface area contributed by atoms with Crippen molar-refractivity contribution in [3.05, 3.63) is 76.6 Å². The number of hydrogen-bond acceptors (Lipinski definition) is 5. The van der Waals surface area contributed by atoms with Gasteiger partial charge in [0, 0.05) is 5.56 Å². The predicted molar refractivity (Wildman–Crippen MR) is 82.7 cm³/mol. The van der Waals surface area contributed by atoms with Gasteiger partial charge in [-0.2, -0.15) is 0 Å². The molecule has 22 heavy (non-hydrogen) atoms. The maximum absolute atomic E-state index is 11.6. The van der Waals surface area contributed by atoms with Crippen LogP contribution in [-0.4, -0.2) is 17.5 Å². The Balaban J connectivity index is 1.89. The SMILES string of the molecule is O=c1cc(OC/C(=N\O)c2ccccc2)c2ccccc2o1. The molecule has 5 nitrogen and oxygen atoms in total. The summed E-state index contributed by atoms with van der Waals surface area (Å²) >= 11 is 0.